The van der Waals surface area contributed by atoms with Gasteiger partial charge in [0.15, 0.2) is 0 Å². The molecule has 3 nitrogen and oxygen atoms in total. The predicted octanol–water partition coefficient (Wildman–Crippen LogP) is 3.51. The molecule has 0 radical (unpaired) electrons. The highest BCUT2D eigenvalue weighted by Crippen LogP contribution is 2.38. The standard InChI is InChI=1S/C16H21NO2S/c1-17-9-8-13(16-5-4-10-20-16)14-11-12(18-2)6-7-15(14)19-3/h4-7,10-11,13,17H,8-9H2,1-3H3. The molecule has 0 amide bonds. The van der Waals surface area contributed by atoms with Crippen LogP contribution in [-0.2, 0) is 0 Å². The molecule has 0 saturated heterocycles. The number of thiophene rings is 1. The molecule has 0 aliphatic carbocycles. The molecule has 0 fully saturated rings. The van der Waals surface area contributed by atoms with Crippen molar-refractivity contribution in [2.24, 2.45) is 0 Å². The Morgan fingerprint density at radius 3 is 2.65 bits per heavy atom. The molecule has 1 N–H and O–H groups in total. The fraction of sp³-hybridized carbons (Fsp3) is 0.375. The molecule has 0 spiro atoms. The second kappa shape index (κ2) is 7.31. The first-order valence-electron chi connectivity index (χ1n) is 6.70. The van der Waals surface area contributed by atoms with E-state index in [4.69, 9.17) is 9.47 Å². The van der Waals surface area contributed by atoms with E-state index in [2.05, 4.69) is 28.9 Å². The minimum Gasteiger partial charge on any atom is -0.497 e. The van der Waals surface area contributed by atoms with Crippen LogP contribution >= 0.6 is 11.3 Å². The summed E-state index contributed by atoms with van der Waals surface area (Å²) >= 11 is 1.78. The van der Waals surface area contributed by atoms with Crippen molar-refractivity contribution in [3.63, 3.8) is 0 Å². The summed E-state index contributed by atoms with van der Waals surface area (Å²) in [5.41, 5.74) is 1.18. The number of rotatable bonds is 7. The molecule has 1 atom stereocenters. The van der Waals surface area contributed by atoms with Crippen molar-refractivity contribution in [2.45, 2.75) is 12.3 Å². The van der Waals surface area contributed by atoms with Gasteiger partial charge >= 0.3 is 0 Å². The first kappa shape index (κ1) is 14.9. The van der Waals surface area contributed by atoms with Gasteiger partial charge in [-0.1, -0.05) is 6.07 Å². The lowest BCUT2D eigenvalue weighted by molar-refractivity contribution is 0.396. The van der Waals surface area contributed by atoms with Crippen LogP contribution in [0.3, 0.4) is 0 Å². The third kappa shape index (κ3) is 3.32. The summed E-state index contributed by atoms with van der Waals surface area (Å²) in [6.07, 6.45) is 1.03. The first-order valence-corrected chi connectivity index (χ1v) is 7.58. The second-order valence-electron chi connectivity index (χ2n) is 4.57. The third-order valence-corrected chi connectivity index (χ3v) is 4.37. The lowest BCUT2D eigenvalue weighted by Gasteiger charge is -2.19. The van der Waals surface area contributed by atoms with E-state index in [-0.39, 0.29) is 0 Å². The van der Waals surface area contributed by atoms with E-state index in [1.165, 1.54) is 10.4 Å². The Balaban J connectivity index is 2.41. The predicted molar refractivity (Wildman–Crippen MR) is 84.3 cm³/mol. The average Bonchev–Trinajstić information content (AvgIpc) is 3.01. The van der Waals surface area contributed by atoms with E-state index >= 15 is 0 Å². The number of nitrogens with one attached hydrogen (secondary N) is 1. The highest BCUT2D eigenvalue weighted by molar-refractivity contribution is 7.10. The molecule has 1 aromatic heterocycles. The van der Waals surface area contributed by atoms with Gasteiger partial charge < -0.3 is 14.8 Å². The molecule has 1 unspecified atom stereocenters. The number of ether oxygens (including phenoxy) is 2. The van der Waals surface area contributed by atoms with Crippen molar-refractivity contribution < 1.29 is 9.47 Å². The maximum atomic E-state index is 5.53. The molecule has 1 heterocycles. The zero-order chi connectivity index (χ0) is 14.4. The molecule has 2 rings (SSSR count). The Kier molecular flexibility index (Phi) is 5.44. The van der Waals surface area contributed by atoms with Crippen LogP contribution < -0.4 is 14.8 Å². The van der Waals surface area contributed by atoms with Crippen LogP contribution in [0.1, 0.15) is 22.8 Å². The Labute approximate surface area is 124 Å². The highest BCUT2D eigenvalue weighted by Gasteiger charge is 2.19. The molecule has 0 aliphatic heterocycles. The van der Waals surface area contributed by atoms with Crippen LogP contribution in [0.2, 0.25) is 0 Å². The number of hydrogen-bond donors (Lipinski definition) is 1. The maximum absolute atomic E-state index is 5.53. The lowest BCUT2D eigenvalue weighted by atomic mass is 9.93. The molecule has 1 aromatic carbocycles. The summed E-state index contributed by atoms with van der Waals surface area (Å²) in [7, 11) is 5.39. The fourth-order valence-corrected chi connectivity index (χ4v) is 3.22. The third-order valence-electron chi connectivity index (χ3n) is 3.38. The molecule has 0 bridgehead atoms. The number of methoxy groups -OCH3 is 2. The highest BCUT2D eigenvalue weighted by atomic mass is 32.1. The molecule has 20 heavy (non-hydrogen) atoms. The minimum absolute atomic E-state index is 0.326. The van der Waals surface area contributed by atoms with Gasteiger partial charge in [-0.15, -0.1) is 11.3 Å². The Morgan fingerprint density at radius 2 is 2.05 bits per heavy atom. The topological polar surface area (TPSA) is 30.5 Å². The van der Waals surface area contributed by atoms with E-state index in [0.717, 1.165) is 24.5 Å². The molecule has 0 saturated carbocycles. The average molecular weight is 291 g/mol. The van der Waals surface area contributed by atoms with Gasteiger partial charge in [0.05, 0.1) is 14.2 Å². The first-order chi connectivity index (χ1) is 9.80. The minimum atomic E-state index is 0.326. The van der Waals surface area contributed by atoms with Gasteiger partial charge in [0.1, 0.15) is 11.5 Å². The normalized spacial score (nSPS) is 12.2. The zero-order valence-corrected chi connectivity index (χ0v) is 13.0. The van der Waals surface area contributed by atoms with Crippen molar-refractivity contribution in [2.75, 3.05) is 27.8 Å². The summed E-state index contributed by atoms with van der Waals surface area (Å²) in [5, 5.41) is 5.35. The summed E-state index contributed by atoms with van der Waals surface area (Å²) in [5.74, 6) is 2.11. The maximum Gasteiger partial charge on any atom is 0.122 e. The van der Waals surface area contributed by atoms with Crippen LogP contribution in [0.5, 0.6) is 11.5 Å². The Hall–Kier alpha value is -1.52. The smallest absolute Gasteiger partial charge is 0.122 e. The Bertz CT molecular complexity index is 525. The SMILES string of the molecule is CNCCC(c1cccs1)c1cc(OC)ccc1OC. The van der Waals surface area contributed by atoms with E-state index in [0.29, 0.717) is 5.92 Å². The Morgan fingerprint density at radius 1 is 1.20 bits per heavy atom. The van der Waals surface area contributed by atoms with Gasteiger partial charge in [0.25, 0.3) is 0 Å². The van der Waals surface area contributed by atoms with Crippen LogP contribution in [0.25, 0.3) is 0 Å². The number of benzene rings is 1. The van der Waals surface area contributed by atoms with Crippen molar-refractivity contribution in [3.05, 3.63) is 46.2 Å². The second-order valence-corrected chi connectivity index (χ2v) is 5.55. The van der Waals surface area contributed by atoms with E-state index in [9.17, 15) is 0 Å². The molecular formula is C16H21NO2S. The van der Waals surface area contributed by atoms with Crippen LogP contribution in [0.4, 0.5) is 0 Å². The van der Waals surface area contributed by atoms with Gasteiger partial charge in [0.2, 0.25) is 0 Å². The van der Waals surface area contributed by atoms with Crippen molar-refractivity contribution in [1.29, 1.82) is 0 Å². The number of hydrogen-bond acceptors (Lipinski definition) is 4. The summed E-state index contributed by atoms with van der Waals surface area (Å²) in [4.78, 5) is 1.35. The van der Waals surface area contributed by atoms with Crippen molar-refractivity contribution in [1.82, 2.24) is 5.32 Å². The van der Waals surface area contributed by atoms with Gasteiger partial charge in [0, 0.05) is 16.4 Å². The summed E-state index contributed by atoms with van der Waals surface area (Å²) in [6, 6.07) is 10.3. The fourth-order valence-electron chi connectivity index (χ4n) is 2.34. The molecule has 2 aromatic rings. The van der Waals surface area contributed by atoms with Crippen molar-refractivity contribution >= 4 is 11.3 Å². The van der Waals surface area contributed by atoms with E-state index in [1.807, 2.05) is 19.2 Å². The van der Waals surface area contributed by atoms with Gasteiger partial charge in [-0.3, -0.25) is 0 Å². The van der Waals surface area contributed by atoms with Gasteiger partial charge in [-0.2, -0.15) is 0 Å². The molecule has 108 valence electrons. The summed E-state index contributed by atoms with van der Waals surface area (Å²) < 4.78 is 10.9. The quantitative estimate of drug-likeness (QED) is 0.847. The largest absolute Gasteiger partial charge is 0.497 e. The van der Waals surface area contributed by atoms with Gasteiger partial charge in [-0.25, -0.2) is 0 Å². The molecule has 0 aliphatic rings. The summed E-state index contributed by atoms with van der Waals surface area (Å²) in [6.45, 7) is 0.961. The van der Waals surface area contributed by atoms with Crippen molar-refractivity contribution in [3.8, 4) is 11.5 Å². The zero-order valence-electron chi connectivity index (χ0n) is 12.2. The lowest BCUT2D eigenvalue weighted by Crippen LogP contribution is -2.13. The van der Waals surface area contributed by atoms with Crippen LogP contribution in [-0.4, -0.2) is 27.8 Å². The van der Waals surface area contributed by atoms with E-state index < -0.39 is 0 Å². The van der Waals surface area contributed by atoms with Gasteiger partial charge in [-0.05, 0) is 49.7 Å². The molecular weight excluding hydrogens is 270 g/mol. The van der Waals surface area contributed by atoms with E-state index in [1.54, 1.807) is 25.6 Å². The molecule has 4 heteroatoms. The van der Waals surface area contributed by atoms with Crippen LogP contribution in [0.15, 0.2) is 35.7 Å². The monoisotopic (exact) mass is 291 g/mol. The van der Waals surface area contributed by atoms with Crippen LogP contribution in [0, 0.1) is 0 Å².